The van der Waals surface area contributed by atoms with Crippen LogP contribution >= 0.6 is 0 Å². The zero-order chi connectivity index (χ0) is 22.0. The molecule has 4 rings (SSSR count). The summed E-state index contributed by atoms with van der Waals surface area (Å²) in [6.07, 6.45) is 4.61. The lowest BCUT2D eigenvalue weighted by atomic mass is 9.98. The van der Waals surface area contributed by atoms with Gasteiger partial charge in [-0.15, -0.1) is 0 Å². The highest BCUT2D eigenvalue weighted by molar-refractivity contribution is 5.93. The van der Waals surface area contributed by atoms with E-state index in [2.05, 4.69) is 15.3 Å². The number of rotatable bonds is 4. The number of halogens is 3. The molecular formula is C22H20F3N5O. The standard InChI is InChI=1S/C22H20F3N5O/c23-15-3-1-4-16(24)19(15)20-17(25)5-6-18(28-20)21(31)29-22(26)9-2-12-30(13-22)14-7-10-27-11-8-14/h1,3-8,10-11H,2,9,12-13,26H2,(H,29,31). The Kier molecular flexibility index (Phi) is 5.60. The molecule has 160 valence electrons. The maximum absolute atomic E-state index is 14.3. The summed E-state index contributed by atoms with van der Waals surface area (Å²) in [5, 5.41) is 2.75. The Labute approximate surface area is 176 Å². The van der Waals surface area contributed by atoms with Gasteiger partial charge in [0.15, 0.2) is 0 Å². The van der Waals surface area contributed by atoms with Gasteiger partial charge < -0.3 is 16.0 Å². The number of carbonyl (C=O) groups excluding carboxylic acids is 1. The number of pyridine rings is 2. The Bertz CT molecular complexity index is 1090. The molecule has 6 nitrogen and oxygen atoms in total. The molecule has 1 atom stereocenters. The first-order chi connectivity index (χ1) is 14.9. The second-order valence-corrected chi connectivity index (χ2v) is 7.46. The van der Waals surface area contributed by atoms with Crippen LogP contribution in [0.2, 0.25) is 0 Å². The lowest BCUT2D eigenvalue weighted by Crippen LogP contribution is -2.64. The van der Waals surface area contributed by atoms with Crippen molar-refractivity contribution in [2.45, 2.75) is 18.5 Å². The maximum Gasteiger partial charge on any atom is 0.271 e. The van der Waals surface area contributed by atoms with Crippen LogP contribution in [0, 0.1) is 17.5 Å². The highest BCUT2D eigenvalue weighted by Gasteiger charge is 2.34. The molecule has 31 heavy (non-hydrogen) atoms. The molecule has 1 saturated heterocycles. The minimum atomic E-state index is -1.06. The second-order valence-electron chi connectivity index (χ2n) is 7.46. The Balaban J connectivity index is 1.57. The average molecular weight is 427 g/mol. The number of piperidine rings is 1. The van der Waals surface area contributed by atoms with Gasteiger partial charge in [-0.25, -0.2) is 18.2 Å². The predicted octanol–water partition coefficient (Wildman–Crippen LogP) is 3.25. The van der Waals surface area contributed by atoms with Crippen LogP contribution < -0.4 is 16.0 Å². The van der Waals surface area contributed by atoms with Gasteiger partial charge in [0.05, 0.1) is 12.1 Å². The summed E-state index contributed by atoms with van der Waals surface area (Å²) in [5.74, 6) is -3.54. The fourth-order valence-electron chi connectivity index (χ4n) is 3.72. The Morgan fingerprint density at radius 2 is 1.74 bits per heavy atom. The highest BCUT2D eigenvalue weighted by Crippen LogP contribution is 2.27. The summed E-state index contributed by atoms with van der Waals surface area (Å²) < 4.78 is 42.5. The number of nitrogens with two attached hydrogens (primary N) is 1. The van der Waals surface area contributed by atoms with Crippen molar-refractivity contribution in [2.75, 3.05) is 18.0 Å². The summed E-state index contributed by atoms with van der Waals surface area (Å²) in [6.45, 7) is 1.11. The van der Waals surface area contributed by atoms with E-state index in [1.807, 2.05) is 17.0 Å². The molecule has 0 spiro atoms. The van der Waals surface area contributed by atoms with E-state index in [1.54, 1.807) is 12.4 Å². The molecule has 1 aliphatic heterocycles. The first kappa shape index (κ1) is 20.8. The molecular weight excluding hydrogens is 407 g/mol. The van der Waals surface area contributed by atoms with Crippen LogP contribution in [0.4, 0.5) is 18.9 Å². The first-order valence-corrected chi connectivity index (χ1v) is 9.74. The smallest absolute Gasteiger partial charge is 0.271 e. The summed E-state index contributed by atoms with van der Waals surface area (Å²) in [5.41, 5.74) is 4.92. The fourth-order valence-corrected chi connectivity index (χ4v) is 3.72. The van der Waals surface area contributed by atoms with Crippen LogP contribution in [0.15, 0.2) is 54.9 Å². The molecule has 9 heteroatoms. The number of nitrogens with zero attached hydrogens (tertiary/aromatic N) is 3. The molecule has 1 aromatic carbocycles. The van der Waals surface area contributed by atoms with Crippen molar-refractivity contribution in [3.63, 3.8) is 0 Å². The van der Waals surface area contributed by atoms with Gasteiger partial charge >= 0.3 is 0 Å². The van der Waals surface area contributed by atoms with E-state index >= 15 is 0 Å². The molecule has 0 radical (unpaired) electrons. The third-order valence-electron chi connectivity index (χ3n) is 5.19. The lowest BCUT2D eigenvalue weighted by Gasteiger charge is -2.41. The number of hydrogen-bond acceptors (Lipinski definition) is 5. The maximum atomic E-state index is 14.3. The molecule has 0 bridgehead atoms. The molecule has 0 aliphatic carbocycles. The molecule has 2 aromatic heterocycles. The summed E-state index contributed by atoms with van der Waals surface area (Å²) in [4.78, 5) is 22.8. The second kappa shape index (κ2) is 8.35. The number of carbonyl (C=O) groups is 1. The van der Waals surface area contributed by atoms with Gasteiger partial charge in [0.2, 0.25) is 0 Å². The third kappa shape index (κ3) is 4.36. The van der Waals surface area contributed by atoms with Crippen molar-refractivity contribution in [2.24, 2.45) is 5.73 Å². The number of aromatic nitrogens is 2. The normalized spacial score (nSPS) is 18.6. The van der Waals surface area contributed by atoms with Gasteiger partial charge in [0, 0.05) is 24.6 Å². The first-order valence-electron chi connectivity index (χ1n) is 9.74. The lowest BCUT2D eigenvalue weighted by molar-refractivity contribution is 0.0885. The van der Waals surface area contributed by atoms with Crippen molar-refractivity contribution in [1.82, 2.24) is 15.3 Å². The predicted molar refractivity (Wildman–Crippen MR) is 110 cm³/mol. The van der Waals surface area contributed by atoms with Crippen LogP contribution in [0.5, 0.6) is 0 Å². The van der Waals surface area contributed by atoms with Gasteiger partial charge in [-0.3, -0.25) is 9.78 Å². The van der Waals surface area contributed by atoms with Gasteiger partial charge in [-0.1, -0.05) is 6.07 Å². The van der Waals surface area contributed by atoms with E-state index in [9.17, 15) is 18.0 Å². The zero-order valence-electron chi connectivity index (χ0n) is 16.5. The molecule has 1 amide bonds. The number of anilines is 1. The van der Waals surface area contributed by atoms with E-state index in [0.29, 0.717) is 13.0 Å². The fraction of sp³-hybridized carbons (Fsp3) is 0.227. The zero-order valence-corrected chi connectivity index (χ0v) is 16.5. The van der Waals surface area contributed by atoms with Crippen LogP contribution in [0.1, 0.15) is 23.3 Å². The van der Waals surface area contributed by atoms with Crippen LogP contribution in [-0.4, -0.2) is 34.6 Å². The van der Waals surface area contributed by atoms with E-state index in [1.165, 1.54) is 6.07 Å². The molecule has 1 aliphatic rings. The van der Waals surface area contributed by atoms with Gasteiger partial charge in [-0.2, -0.15) is 0 Å². The van der Waals surface area contributed by atoms with E-state index in [0.717, 1.165) is 42.9 Å². The topological polar surface area (TPSA) is 84.1 Å². The monoisotopic (exact) mass is 427 g/mol. The van der Waals surface area contributed by atoms with Gasteiger partial charge in [0.25, 0.3) is 5.91 Å². The van der Waals surface area contributed by atoms with E-state index < -0.39 is 40.3 Å². The third-order valence-corrected chi connectivity index (χ3v) is 5.19. The number of amides is 1. The van der Waals surface area contributed by atoms with Crippen LogP contribution in [-0.2, 0) is 0 Å². The van der Waals surface area contributed by atoms with Gasteiger partial charge in [0.1, 0.15) is 34.5 Å². The minimum absolute atomic E-state index is 0.190. The largest absolute Gasteiger partial charge is 0.368 e. The van der Waals surface area contributed by atoms with Crippen molar-refractivity contribution in [3.8, 4) is 11.3 Å². The molecule has 3 N–H and O–H groups in total. The van der Waals surface area contributed by atoms with E-state index in [4.69, 9.17) is 5.73 Å². The highest BCUT2D eigenvalue weighted by atomic mass is 19.1. The molecule has 3 heterocycles. The number of nitrogens with one attached hydrogen (secondary N) is 1. The Morgan fingerprint density at radius 3 is 2.45 bits per heavy atom. The number of hydrogen-bond donors (Lipinski definition) is 2. The average Bonchev–Trinajstić information content (AvgIpc) is 2.75. The quantitative estimate of drug-likeness (QED) is 0.625. The van der Waals surface area contributed by atoms with E-state index in [-0.39, 0.29) is 5.69 Å². The Hall–Kier alpha value is -3.46. The van der Waals surface area contributed by atoms with Crippen molar-refractivity contribution < 1.29 is 18.0 Å². The summed E-state index contributed by atoms with van der Waals surface area (Å²) in [7, 11) is 0. The SMILES string of the molecule is NC1(NC(=O)c2ccc(F)c(-c3c(F)cccc3F)n2)CCCN(c2ccncc2)C1. The minimum Gasteiger partial charge on any atom is -0.368 e. The van der Waals surface area contributed by atoms with Gasteiger partial charge in [-0.05, 0) is 49.2 Å². The molecule has 0 saturated carbocycles. The van der Waals surface area contributed by atoms with Crippen molar-refractivity contribution in [1.29, 1.82) is 0 Å². The van der Waals surface area contributed by atoms with Crippen LogP contribution in [0.25, 0.3) is 11.3 Å². The molecule has 1 fully saturated rings. The van der Waals surface area contributed by atoms with Crippen molar-refractivity contribution in [3.05, 3.63) is 78.0 Å². The summed E-state index contributed by atoms with van der Waals surface area (Å²) >= 11 is 0. The van der Waals surface area contributed by atoms with Crippen LogP contribution in [0.3, 0.4) is 0 Å². The molecule has 1 unspecified atom stereocenters. The Morgan fingerprint density at radius 1 is 1.03 bits per heavy atom. The summed E-state index contributed by atoms with van der Waals surface area (Å²) in [6, 6.07) is 8.97. The number of benzene rings is 1. The van der Waals surface area contributed by atoms with Crippen molar-refractivity contribution >= 4 is 11.6 Å². The molecule has 3 aromatic rings.